The second-order valence-corrected chi connectivity index (χ2v) is 8.05. The summed E-state index contributed by atoms with van der Waals surface area (Å²) in [6.07, 6.45) is 7.41. The number of carbonyl (C=O) groups excluding carboxylic acids is 1. The highest BCUT2D eigenvalue weighted by Gasteiger charge is 2.11. The highest BCUT2D eigenvalue weighted by Crippen LogP contribution is 2.26. The summed E-state index contributed by atoms with van der Waals surface area (Å²) in [5.74, 6) is 1.19. The van der Waals surface area contributed by atoms with Crippen LogP contribution in [0.4, 0.5) is 0 Å². The molecule has 0 radical (unpaired) electrons. The molecule has 0 aliphatic carbocycles. The maximum absolute atomic E-state index is 12.6. The van der Waals surface area contributed by atoms with Gasteiger partial charge in [-0.1, -0.05) is 57.2 Å². The van der Waals surface area contributed by atoms with Crippen LogP contribution in [0, 0.1) is 0 Å². The van der Waals surface area contributed by atoms with E-state index in [1.165, 1.54) is 32.1 Å². The van der Waals surface area contributed by atoms with Crippen molar-refractivity contribution in [2.75, 3.05) is 6.61 Å². The van der Waals surface area contributed by atoms with Crippen molar-refractivity contribution in [1.29, 1.82) is 0 Å². The zero-order valence-electron chi connectivity index (χ0n) is 19.4. The molecular weight excluding hydrogens is 430 g/mol. The van der Waals surface area contributed by atoms with E-state index in [9.17, 15) is 4.79 Å². The van der Waals surface area contributed by atoms with E-state index in [1.54, 1.807) is 36.4 Å². The first kappa shape index (κ1) is 23.4. The number of esters is 1. The van der Waals surface area contributed by atoms with Gasteiger partial charge >= 0.3 is 12.0 Å². The first-order chi connectivity index (χ1) is 16.7. The molecule has 0 unspecified atom stereocenters. The summed E-state index contributed by atoms with van der Waals surface area (Å²) in [5, 5.41) is 0. The van der Waals surface area contributed by atoms with Crippen LogP contribution >= 0.6 is 0 Å². The van der Waals surface area contributed by atoms with Gasteiger partial charge in [-0.05, 0) is 55.0 Å². The van der Waals surface area contributed by atoms with Crippen LogP contribution in [0.25, 0.3) is 11.1 Å². The maximum Gasteiger partial charge on any atom is 0.400 e. The predicted molar refractivity (Wildman–Crippen MR) is 131 cm³/mol. The zero-order chi connectivity index (χ0) is 23.6. The van der Waals surface area contributed by atoms with Gasteiger partial charge in [0.1, 0.15) is 22.8 Å². The number of oxazole rings is 1. The molecule has 0 fully saturated rings. The number of ether oxygens (including phenoxy) is 3. The van der Waals surface area contributed by atoms with Gasteiger partial charge in [0, 0.05) is 6.07 Å². The fraction of sp³-hybridized carbons (Fsp3) is 0.286. The van der Waals surface area contributed by atoms with Crippen molar-refractivity contribution in [2.24, 2.45) is 0 Å². The summed E-state index contributed by atoms with van der Waals surface area (Å²) in [5.41, 5.74) is 1.77. The van der Waals surface area contributed by atoms with Crippen molar-refractivity contribution in [3.63, 3.8) is 0 Å². The van der Waals surface area contributed by atoms with E-state index in [0.717, 1.165) is 11.9 Å². The van der Waals surface area contributed by atoms with Gasteiger partial charge in [0.05, 0.1) is 12.2 Å². The molecule has 1 heterocycles. The van der Waals surface area contributed by atoms with Gasteiger partial charge in [0.25, 0.3) is 0 Å². The van der Waals surface area contributed by atoms with E-state index in [2.05, 4.69) is 11.9 Å². The molecule has 4 rings (SSSR count). The second-order valence-electron chi connectivity index (χ2n) is 8.05. The van der Waals surface area contributed by atoms with Gasteiger partial charge in [0.2, 0.25) is 0 Å². The Morgan fingerprint density at radius 1 is 0.824 bits per heavy atom. The van der Waals surface area contributed by atoms with Gasteiger partial charge in [-0.2, -0.15) is 4.98 Å². The Bertz CT molecular complexity index is 1170. The van der Waals surface area contributed by atoms with Gasteiger partial charge in [0.15, 0.2) is 5.58 Å². The van der Waals surface area contributed by atoms with Crippen molar-refractivity contribution < 1.29 is 23.4 Å². The summed E-state index contributed by atoms with van der Waals surface area (Å²) in [6, 6.07) is 21.2. The average Bonchev–Trinajstić information content (AvgIpc) is 3.26. The van der Waals surface area contributed by atoms with Crippen LogP contribution in [0.3, 0.4) is 0 Å². The average molecular weight is 460 g/mol. The Balaban J connectivity index is 1.27. The van der Waals surface area contributed by atoms with Crippen LogP contribution in [-0.2, 0) is 0 Å². The molecule has 34 heavy (non-hydrogen) atoms. The standard InChI is InChI=1S/C28H29NO5/c1-2-3-4-5-6-9-19-31-23-11-10-12-24(20-23)32-27(30)21-15-17-22(18-16-21)33-28-29-25-13-7-8-14-26(25)34-28/h7-8,10-18,20H,2-6,9,19H2,1H3. The second kappa shape index (κ2) is 11.9. The van der Waals surface area contributed by atoms with Crippen molar-refractivity contribution in [3.8, 4) is 23.3 Å². The Labute approximate surface area is 199 Å². The van der Waals surface area contributed by atoms with Crippen LogP contribution < -0.4 is 14.2 Å². The fourth-order valence-corrected chi connectivity index (χ4v) is 3.52. The number of rotatable bonds is 12. The molecule has 0 atom stereocenters. The maximum atomic E-state index is 12.6. The SMILES string of the molecule is CCCCCCCCOc1cccc(OC(=O)c2ccc(Oc3nc4ccccc4o3)cc2)c1. The molecular formula is C28H29NO5. The van der Waals surface area contributed by atoms with Crippen LogP contribution in [0.5, 0.6) is 23.3 Å². The molecule has 1 aromatic heterocycles. The topological polar surface area (TPSA) is 70.8 Å². The number of hydrogen-bond donors (Lipinski definition) is 0. The van der Waals surface area contributed by atoms with Crippen molar-refractivity contribution in [2.45, 2.75) is 45.4 Å². The monoisotopic (exact) mass is 459 g/mol. The summed E-state index contributed by atoms with van der Waals surface area (Å²) < 4.78 is 22.6. The molecule has 6 heteroatoms. The lowest BCUT2D eigenvalue weighted by atomic mass is 10.1. The number of nitrogens with zero attached hydrogens (tertiary/aromatic N) is 1. The van der Waals surface area contributed by atoms with Crippen LogP contribution in [-0.4, -0.2) is 17.6 Å². The van der Waals surface area contributed by atoms with E-state index in [0.29, 0.717) is 35.0 Å². The minimum Gasteiger partial charge on any atom is -0.493 e. The first-order valence-electron chi connectivity index (χ1n) is 11.8. The number of benzene rings is 3. The molecule has 0 saturated heterocycles. The molecule has 0 aliphatic heterocycles. The van der Waals surface area contributed by atoms with E-state index in [-0.39, 0.29) is 6.08 Å². The normalized spacial score (nSPS) is 10.9. The number of carbonyl (C=O) groups is 1. The predicted octanol–water partition coefficient (Wildman–Crippen LogP) is 7.58. The van der Waals surface area contributed by atoms with Gasteiger partial charge in [-0.25, -0.2) is 4.79 Å². The lowest BCUT2D eigenvalue weighted by molar-refractivity contribution is 0.0734. The molecule has 6 nitrogen and oxygen atoms in total. The molecule has 0 spiro atoms. The molecule has 0 amide bonds. The Morgan fingerprint density at radius 3 is 2.41 bits per heavy atom. The van der Waals surface area contributed by atoms with E-state index in [1.807, 2.05) is 36.4 Å². The number of aromatic nitrogens is 1. The third-order valence-corrected chi connectivity index (χ3v) is 5.35. The quantitative estimate of drug-likeness (QED) is 0.124. The summed E-state index contributed by atoms with van der Waals surface area (Å²) in [6.45, 7) is 2.87. The Morgan fingerprint density at radius 2 is 1.59 bits per heavy atom. The Kier molecular flexibility index (Phi) is 8.17. The molecule has 0 bridgehead atoms. The third kappa shape index (κ3) is 6.61. The lowest BCUT2D eigenvalue weighted by Crippen LogP contribution is -2.08. The van der Waals surface area contributed by atoms with Crippen molar-refractivity contribution in [1.82, 2.24) is 4.98 Å². The smallest absolute Gasteiger partial charge is 0.400 e. The zero-order valence-corrected chi connectivity index (χ0v) is 19.4. The minimum absolute atomic E-state index is 0.148. The van der Waals surface area contributed by atoms with Crippen LogP contribution in [0.2, 0.25) is 0 Å². The number of unbranched alkanes of at least 4 members (excludes halogenated alkanes) is 5. The van der Waals surface area contributed by atoms with E-state index in [4.69, 9.17) is 18.6 Å². The lowest BCUT2D eigenvalue weighted by Gasteiger charge is -2.09. The van der Waals surface area contributed by atoms with Crippen LogP contribution in [0.15, 0.2) is 77.2 Å². The van der Waals surface area contributed by atoms with Gasteiger partial charge in [-0.15, -0.1) is 0 Å². The van der Waals surface area contributed by atoms with Gasteiger partial charge < -0.3 is 18.6 Å². The van der Waals surface area contributed by atoms with Crippen LogP contribution in [0.1, 0.15) is 55.8 Å². The molecule has 4 aromatic rings. The number of para-hydroxylation sites is 2. The summed E-state index contributed by atoms with van der Waals surface area (Å²) in [7, 11) is 0. The first-order valence-corrected chi connectivity index (χ1v) is 11.8. The molecule has 0 aliphatic rings. The van der Waals surface area contributed by atoms with Crippen molar-refractivity contribution >= 4 is 17.1 Å². The highest BCUT2D eigenvalue weighted by molar-refractivity contribution is 5.91. The Hall–Kier alpha value is -3.80. The largest absolute Gasteiger partial charge is 0.493 e. The highest BCUT2D eigenvalue weighted by atomic mass is 16.6. The number of hydrogen-bond acceptors (Lipinski definition) is 6. The molecule has 0 saturated carbocycles. The van der Waals surface area contributed by atoms with Crippen molar-refractivity contribution in [3.05, 3.63) is 78.4 Å². The van der Waals surface area contributed by atoms with Gasteiger partial charge in [-0.3, -0.25) is 0 Å². The van der Waals surface area contributed by atoms with E-state index >= 15 is 0 Å². The summed E-state index contributed by atoms with van der Waals surface area (Å²) in [4.78, 5) is 16.8. The summed E-state index contributed by atoms with van der Waals surface area (Å²) >= 11 is 0. The minimum atomic E-state index is -0.457. The third-order valence-electron chi connectivity index (χ3n) is 5.35. The number of fused-ring (bicyclic) bond motifs is 1. The molecule has 176 valence electrons. The molecule has 3 aromatic carbocycles. The fourth-order valence-electron chi connectivity index (χ4n) is 3.52. The molecule has 0 N–H and O–H groups in total. The van der Waals surface area contributed by atoms with E-state index < -0.39 is 5.97 Å².